The Morgan fingerprint density at radius 2 is 0.188 bits per heavy atom. The van der Waals surface area contributed by atoms with Crippen molar-refractivity contribution in [1.82, 2.24) is 0 Å². The van der Waals surface area contributed by atoms with Crippen LogP contribution in [0.5, 0.6) is 0 Å². The maximum absolute atomic E-state index is 0. The van der Waals surface area contributed by atoms with Gasteiger partial charge in [0.2, 0.25) is 0 Å². The molecule has 0 aromatic heterocycles. The third-order valence-electron chi connectivity index (χ3n) is 0. The topological polar surface area (TPSA) is 0 Å². The van der Waals surface area contributed by atoms with Gasteiger partial charge in [-0.2, -0.15) is 0 Å². The van der Waals surface area contributed by atoms with E-state index < -0.39 is 0 Å². The Bertz CT molecular complexity index is 22.5. The predicted octanol–water partition coefficient (Wildman–Crippen LogP) is -3.07. The second-order valence-corrected chi connectivity index (χ2v) is 0. The zero-order chi connectivity index (χ0) is 0. The quantitative estimate of drug-likeness (QED) is 0.227. The van der Waals surface area contributed by atoms with E-state index in [2.05, 4.69) is 0 Å². The molecule has 0 aliphatic carbocycles. The molecule has 0 aliphatic heterocycles. The summed E-state index contributed by atoms with van der Waals surface area (Å²) in [6.45, 7) is 0. The van der Waals surface area contributed by atoms with Crippen molar-refractivity contribution in [3.05, 3.63) is 0 Å². The first-order chi connectivity index (χ1) is 0. The summed E-state index contributed by atoms with van der Waals surface area (Å²) in [5.41, 5.74) is 0. The van der Waals surface area contributed by atoms with Crippen molar-refractivity contribution in [2.24, 2.45) is 0 Å². The number of hydrogen-bond acceptors (Lipinski definition) is 0. The van der Waals surface area contributed by atoms with Crippen molar-refractivity contribution in [1.29, 1.82) is 0 Å². The molecule has 0 fully saturated rings. The summed E-state index contributed by atoms with van der Waals surface area (Å²) in [6, 6.07) is 0. The van der Waals surface area contributed by atoms with E-state index >= 15 is 0 Å². The minimum Gasteiger partial charge on any atom is -2.00 e. The van der Waals surface area contributed by atoms with Crippen molar-refractivity contribution in [2.45, 2.75) is 0 Å². The van der Waals surface area contributed by atoms with Gasteiger partial charge in [-0.1, -0.05) is 0 Å². The van der Waals surface area contributed by atoms with Crippen LogP contribution in [0.25, 0.3) is 0 Å². The van der Waals surface area contributed by atoms with Crippen molar-refractivity contribution in [3.63, 3.8) is 0 Å². The van der Waals surface area contributed by atoms with Crippen molar-refractivity contribution in [2.75, 3.05) is 0 Å². The molecule has 0 saturated heterocycles. The van der Waals surface area contributed by atoms with Gasteiger partial charge in [0.1, 0.15) is 0 Å². The van der Waals surface area contributed by atoms with E-state index in [1.165, 1.54) is 0 Å². The number of hydrogen-bond donors (Lipinski definition) is 0. The van der Waals surface area contributed by atoms with E-state index in [9.17, 15) is 0 Å². The van der Waals surface area contributed by atoms with Crippen molar-refractivity contribution < 1.29 is 0 Å². The van der Waals surface area contributed by atoms with Gasteiger partial charge in [0, 0.05) is 213 Å². The van der Waals surface area contributed by atoms with Gasteiger partial charge in [0.05, 0.1) is 0 Å². The van der Waals surface area contributed by atoms with E-state index in [0.29, 0.717) is 0 Å². The van der Waals surface area contributed by atoms with Crippen LogP contribution in [0.3, 0.4) is 0 Å². The smallest absolute Gasteiger partial charge is 0 e. The molecular weight excluding hydrogens is 1730 g/mol. The molecule has 0 rings (SSSR count). The second-order valence-electron chi connectivity index (χ2n) is 0. The van der Waals surface area contributed by atoms with Crippen LogP contribution in [0.2, 0.25) is 0 Å². The summed E-state index contributed by atoms with van der Waals surface area (Å²) in [6.07, 6.45) is 0. The average molecular weight is 1730 g/mol. The third kappa shape index (κ3) is 127. The molecule has 0 aromatic carbocycles. The molecule has 92 valence electrons. The Kier molecular flexibility index (Phi) is 1470. The van der Waals surface area contributed by atoms with Crippen molar-refractivity contribution in [3.8, 4) is 0 Å². The van der Waals surface area contributed by atoms with Gasteiger partial charge >= 0.3 is 0 Å². The first kappa shape index (κ1) is 163. The molecule has 0 bridgehead atoms. The van der Waals surface area contributed by atoms with Crippen LogP contribution in [0, 0.1) is 0 Å². The Labute approximate surface area is 312 Å². The van der Waals surface area contributed by atoms with E-state index in [1.54, 1.807) is 0 Å². The summed E-state index contributed by atoms with van der Waals surface area (Å²) >= 11 is 0. The van der Waals surface area contributed by atoms with E-state index in [-0.39, 0.29) is 321 Å². The van der Waals surface area contributed by atoms with E-state index in [0.717, 1.165) is 0 Å². The fourth-order valence-electron chi connectivity index (χ4n) is 0. The molecule has 0 heterocycles. The minimum absolute atomic E-state index is 0. The van der Waals surface area contributed by atoms with Gasteiger partial charge in [0.15, 0.2) is 0 Å². The molecule has 0 spiro atoms. The first-order valence-corrected chi connectivity index (χ1v) is 0. The Morgan fingerprint density at radius 3 is 0.188 bits per heavy atom. The van der Waals surface area contributed by atoms with Gasteiger partial charge in [0.25, 0.3) is 0 Å². The van der Waals surface area contributed by atoms with Crippen LogP contribution in [0.15, 0.2) is 0 Å². The summed E-state index contributed by atoms with van der Waals surface area (Å²) < 4.78 is 0. The molecule has 16 heavy (non-hydrogen) atoms. The summed E-state index contributed by atoms with van der Waals surface area (Å²) in [5, 5.41) is 0. The van der Waals surface area contributed by atoms with Crippen molar-refractivity contribution >= 4 is 321 Å². The minimum atomic E-state index is 0. The Balaban J connectivity index is 0. The molecule has 0 unspecified atom stereocenters. The summed E-state index contributed by atoms with van der Waals surface area (Å²) in [7, 11) is 0. The maximum atomic E-state index is 0. The molecule has 0 aromatic rings. The van der Waals surface area contributed by atoms with Gasteiger partial charge in [-0.3, -0.25) is 0 Å². The first-order valence-electron chi connectivity index (χ1n) is 0. The molecule has 16 heteroatoms. The maximum Gasteiger partial charge on any atom is 0 e. The van der Waals surface area contributed by atoms with Gasteiger partial charge < -0.3 is 108 Å². The monoisotopic (exact) mass is 1730 g/mol. The van der Waals surface area contributed by atoms with E-state index in [4.69, 9.17) is 0 Å². The molecule has 0 N–H and O–H groups in total. The average Bonchev–Trinajstić information content (AvgIpc) is 0. The standard InChI is InChI=1S/8S.2Sb.6Tl/q8*-2;;;;;;;;. The molecule has 12 radical (unpaired) electrons. The molecule has 0 saturated carbocycles. The fourth-order valence-corrected chi connectivity index (χ4v) is 0. The van der Waals surface area contributed by atoms with Gasteiger partial charge in [-0.25, -0.2) is 0 Å². The predicted molar refractivity (Wildman–Crippen MR) is 105 cm³/mol. The van der Waals surface area contributed by atoms with Crippen LogP contribution in [-0.4, -0.2) is 213 Å². The SMILES string of the molecule is [S-2].[S-2].[S-2].[S-2].[S-2].[S-2].[S-2].[S-2].[Sb].[Sb].[Tl].[Tl].[Tl].[Tl].[Tl].[Tl]. The second kappa shape index (κ2) is 144. The Hall–Kier alpha value is 9.97. The third-order valence-corrected chi connectivity index (χ3v) is 0. The molecular formula is S8Sb2Tl6-16. The largest absolute Gasteiger partial charge is 2.00 e. The Morgan fingerprint density at radius 1 is 0.188 bits per heavy atom. The normalized spacial score (nSPS) is 0. The molecule has 0 aliphatic rings. The molecule has 0 amide bonds. The summed E-state index contributed by atoms with van der Waals surface area (Å²) in [4.78, 5) is 0. The van der Waals surface area contributed by atoms with Crippen LogP contribution >= 0.6 is 0 Å². The van der Waals surface area contributed by atoms with Crippen LogP contribution in [0.4, 0.5) is 0 Å². The van der Waals surface area contributed by atoms with Crippen LogP contribution < -0.4 is 0 Å². The number of rotatable bonds is 0. The van der Waals surface area contributed by atoms with Gasteiger partial charge in [-0.15, -0.1) is 0 Å². The molecule has 0 atom stereocenters. The zero-order valence-corrected chi connectivity index (χ0v) is 46.2. The van der Waals surface area contributed by atoms with Crippen LogP contribution in [-0.2, 0) is 108 Å². The van der Waals surface area contributed by atoms with E-state index in [1.807, 2.05) is 0 Å². The van der Waals surface area contributed by atoms with Crippen LogP contribution in [0.1, 0.15) is 0 Å². The fraction of sp³-hybridized carbons (Fsp3) is 0. The van der Waals surface area contributed by atoms with Gasteiger partial charge in [-0.05, 0) is 0 Å². The summed E-state index contributed by atoms with van der Waals surface area (Å²) in [5.74, 6) is 0. The molecule has 0 nitrogen and oxygen atoms in total. The zero-order valence-electron chi connectivity index (χ0n) is 7.62.